The van der Waals surface area contributed by atoms with E-state index in [-0.39, 0.29) is 24.1 Å². The summed E-state index contributed by atoms with van der Waals surface area (Å²) in [6, 6.07) is 11.5. The maximum Gasteiger partial charge on any atom is 0.319 e. The minimum atomic E-state index is -0.989. The highest BCUT2D eigenvalue weighted by molar-refractivity contribution is 7.21. The number of esters is 1. The second-order valence-electron chi connectivity index (χ2n) is 12.0. The Morgan fingerprint density at radius 2 is 1.67 bits per heavy atom. The summed E-state index contributed by atoms with van der Waals surface area (Å²) < 4.78 is 20.2. The molecule has 0 unspecified atom stereocenters. The molecule has 0 aliphatic heterocycles. The van der Waals surface area contributed by atoms with Crippen molar-refractivity contribution < 1.29 is 28.6 Å². The number of halogens is 1. The lowest BCUT2D eigenvalue weighted by molar-refractivity contribution is -0.759. The molecule has 1 aromatic heterocycles. The Labute approximate surface area is 228 Å². The minimum absolute atomic E-state index is 0.0266. The average Bonchev–Trinajstić information content (AvgIpc) is 3.61. The van der Waals surface area contributed by atoms with Gasteiger partial charge in [0.05, 0.1) is 10.3 Å². The molecule has 3 aromatic rings. The largest absolute Gasteiger partial charge is 0.426 e. The molecule has 0 spiro atoms. The normalized spacial score (nSPS) is 27.9. The van der Waals surface area contributed by atoms with Gasteiger partial charge in [-0.1, -0.05) is 12.1 Å². The second kappa shape index (κ2) is 9.11. The van der Waals surface area contributed by atoms with E-state index in [9.17, 15) is 24.1 Å². The lowest BCUT2D eigenvalue weighted by Crippen LogP contribution is -2.47. The first-order chi connectivity index (χ1) is 18.8. The van der Waals surface area contributed by atoms with Gasteiger partial charge in [-0.2, -0.15) is 0 Å². The summed E-state index contributed by atoms with van der Waals surface area (Å²) in [5.41, 5.74) is 0.607. The monoisotopic (exact) mass is 549 g/mol. The molecule has 1 heterocycles. The zero-order chi connectivity index (χ0) is 26.9. The summed E-state index contributed by atoms with van der Waals surface area (Å²) in [4.78, 5) is 42.8. The first-order valence-electron chi connectivity index (χ1n) is 13.7. The fourth-order valence-electron chi connectivity index (χ4n) is 7.67. The molecule has 9 heteroatoms. The van der Waals surface area contributed by atoms with Crippen molar-refractivity contribution in [2.45, 2.75) is 44.9 Å². The molecule has 39 heavy (non-hydrogen) atoms. The molecule has 0 amide bonds. The van der Waals surface area contributed by atoms with Crippen molar-refractivity contribution in [1.29, 1.82) is 0 Å². The minimum Gasteiger partial charge on any atom is -0.426 e. The molecule has 0 N–H and O–H groups in total. The van der Waals surface area contributed by atoms with E-state index < -0.39 is 16.5 Å². The molecule has 2 aromatic carbocycles. The van der Waals surface area contributed by atoms with Gasteiger partial charge in [0.15, 0.2) is 5.78 Å². The molecule has 0 radical (unpaired) electrons. The number of hydrogen-bond donors (Lipinski definition) is 0. The van der Waals surface area contributed by atoms with Crippen LogP contribution in [0, 0.1) is 50.9 Å². The Kier molecular flexibility index (Phi) is 5.77. The molecule has 5 aliphatic carbocycles. The SMILES string of the molecule is O=C(c1sc2cc(OC(=O)C3(CO[N+](=O)[O-])CC3)ccc2c1-c1ccc(F)cc1)C1C2CC3CC(C2)CC1C3. The standard InChI is InChI=1S/C30H28FNO6S/c31-21-3-1-18(2-4-21)26-23-6-5-22(38-29(34)30(7-8-30)15-37-32(35)36)14-24(23)39-28(26)27(33)25-19-10-16-9-17(12-19)13-20(25)11-16/h1-6,14,16-17,19-20,25H,7-13,15H2. The maximum atomic E-state index is 14.3. The van der Waals surface area contributed by atoms with E-state index in [0.29, 0.717) is 35.3 Å². The van der Waals surface area contributed by atoms with Crippen LogP contribution in [0.2, 0.25) is 0 Å². The highest BCUT2D eigenvalue weighted by Crippen LogP contribution is 2.58. The van der Waals surface area contributed by atoms with E-state index in [4.69, 9.17) is 4.74 Å². The molecule has 4 bridgehead atoms. The van der Waals surface area contributed by atoms with Crippen molar-refractivity contribution in [3.63, 3.8) is 0 Å². The van der Waals surface area contributed by atoms with E-state index in [1.54, 1.807) is 24.3 Å². The molecule has 5 saturated carbocycles. The van der Waals surface area contributed by atoms with Crippen LogP contribution in [0.4, 0.5) is 4.39 Å². The second-order valence-corrected chi connectivity index (χ2v) is 13.0. The van der Waals surface area contributed by atoms with Crippen LogP contribution in [0.25, 0.3) is 21.2 Å². The van der Waals surface area contributed by atoms with Crippen molar-refractivity contribution in [1.82, 2.24) is 0 Å². The highest BCUT2D eigenvalue weighted by Gasteiger charge is 2.53. The summed E-state index contributed by atoms with van der Waals surface area (Å²) >= 11 is 1.41. The number of fused-ring (bicyclic) bond motifs is 1. The Hall–Kier alpha value is -3.33. The number of ether oxygens (including phenoxy) is 1. The third-order valence-electron chi connectivity index (χ3n) is 9.49. The number of ketones is 1. The van der Waals surface area contributed by atoms with Crippen molar-refractivity contribution in [3.05, 3.63) is 63.3 Å². The van der Waals surface area contributed by atoms with Crippen LogP contribution in [0.5, 0.6) is 5.75 Å². The summed E-state index contributed by atoms with van der Waals surface area (Å²) in [5.74, 6) is 2.05. The Morgan fingerprint density at radius 3 is 2.28 bits per heavy atom. The number of benzene rings is 2. The zero-order valence-electron chi connectivity index (χ0n) is 21.3. The number of Topliss-reactive ketones (excluding diaryl/α,β-unsaturated/α-hetero) is 1. The number of rotatable bonds is 8. The Balaban J connectivity index is 1.24. The third-order valence-corrected chi connectivity index (χ3v) is 10.7. The molecule has 7 nitrogen and oxygen atoms in total. The number of carbonyl (C=O) groups is 2. The van der Waals surface area contributed by atoms with Crippen molar-refractivity contribution in [3.8, 4) is 16.9 Å². The number of carbonyl (C=O) groups excluding carboxylic acids is 2. The molecular formula is C30H28FNO6S. The van der Waals surface area contributed by atoms with Gasteiger partial charge in [-0.25, -0.2) is 4.39 Å². The Bertz CT molecular complexity index is 1470. The van der Waals surface area contributed by atoms with Crippen LogP contribution < -0.4 is 4.74 Å². The topological polar surface area (TPSA) is 95.7 Å². The Morgan fingerprint density at radius 1 is 1.00 bits per heavy atom. The summed E-state index contributed by atoms with van der Waals surface area (Å²) in [7, 11) is 0. The molecule has 5 aliphatic rings. The van der Waals surface area contributed by atoms with Crippen LogP contribution in [-0.2, 0) is 9.63 Å². The van der Waals surface area contributed by atoms with E-state index in [1.165, 1.54) is 29.9 Å². The number of hydrogen-bond acceptors (Lipinski definition) is 7. The zero-order valence-corrected chi connectivity index (χ0v) is 22.1. The molecule has 5 fully saturated rings. The van der Waals surface area contributed by atoms with Crippen molar-refractivity contribution >= 4 is 33.2 Å². The van der Waals surface area contributed by atoms with Gasteiger partial charge in [0.2, 0.25) is 0 Å². The number of thiophene rings is 1. The average molecular weight is 550 g/mol. The predicted octanol–water partition coefficient (Wildman–Crippen LogP) is 6.86. The van der Waals surface area contributed by atoms with E-state index in [1.807, 2.05) is 6.07 Å². The molecule has 8 rings (SSSR count). The van der Waals surface area contributed by atoms with Gasteiger partial charge >= 0.3 is 5.97 Å². The number of nitrogens with zero attached hydrogens (tertiary/aromatic N) is 1. The van der Waals surface area contributed by atoms with Gasteiger partial charge in [-0.3, -0.25) is 9.59 Å². The first-order valence-corrected chi connectivity index (χ1v) is 14.5. The quantitative estimate of drug-likeness (QED) is 0.100. The van der Waals surface area contributed by atoms with Gasteiger partial charge in [-0.15, -0.1) is 21.5 Å². The van der Waals surface area contributed by atoms with E-state index in [0.717, 1.165) is 58.7 Å². The fraction of sp³-hybridized carbons (Fsp3) is 0.467. The smallest absolute Gasteiger partial charge is 0.319 e. The van der Waals surface area contributed by atoms with Gasteiger partial charge < -0.3 is 9.57 Å². The highest BCUT2D eigenvalue weighted by atomic mass is 32.1. The summed E-state index contributed by atoms with van der Waals surface area (Å²) in [6.07, 6.45) is 6.83. The van der Waals surface area contributed by atoms with Gasteiger partial charge in [0, 0.05) is 21.6 Å². The van der Waals surface area contributed by atoms with Crippen LogP contribution >= 0.6 is 11.3 Å². The lowest BCUT2D eigenvalue weighted by Gasteiger charge is -2.53. The lowest BCUT2D eigenvalue weighted by atomic mass is 9.51. The first kappa shape index (κ1) is 24.7. The molecule has 0 atom stereocenters. The van der Waals surface area contributed by atoms with E-state index >= 15 is 0 Å². The van der Waals surface area contributed by atoms with Crippen LogP contribution in [0.15, 0.2) is 42.5 Å². The third kappa shape index (κ3) is 4.31. The van der Waals surface area contributed by atoms with Gasteiger partial charge in [-0.05, 0) is 105 Å². The van der Waals surface area contributed by atoms with Crippen LogP contribution in [0.3, 0.4) is 0 Å². The van der Waals surface area contributed by atoms with Gasteiger partial charge in [0.1, 0.15) is 18.2 Å². The molecule has 0 saturated heterocycles. The maximum absolute atomic E-state index is 14.3. The van der Waals surface area contributed by atoms with Crippen LogP contribution in [0.1, 0.15) is 54.6 Å². The summed E-state index contributed by atoms with van der Waals surface area (Å²) in [6.45, 7) is -0.321. The molecular weight excluding hydrogens is 521 g/mol. The summed E-state index contributed by atoms with van der Waals surface area (Å²) in [5, 5.41) is 10.6. The van der Waals surface area contributed by atoms with Crippen molar-refractivity contribution in [2.24, 2.45) is 35.0 Å². The molecule has 202 valence electrons. The predicted molar refractivity (Wildman–Crippen MR) is 142 cm³/mol. The van der Waals surface area contributed by atoms with Gasteiger partial charge in [0.25, 0.3) is 5.09 Å². The van der Waals surface area contributed by atoms with Crippen molar-refractivity contribution in [2.75, 3.05) is 6.61 Å². The fourth-order valence-corrected chi connectivity index (χ4v) is 8.91. The van der Waals surface area contributed by atoms with E-state index in [2.05, 4.69) is 4.84 Å². The van der Waals surface area contributed by atoms with Crippen LogP contribution in [-0.4, -0.2) is 23.4 Å².